The van der Waals surface area contributed by atoms with E-state index in [9.17, 15) is 19.8 Å². The highest BCUT2D eigenvalue weighted by Crippen LogP contribution is 2.39. The lowest BCUT2D eigenvalue weighted by atomic mass is 9.71. The Morgan fingerprint density at radius 3 is 2.28 bits per heavy atom. The molecule has 1 aliphatic heterocycles. The molecule has 0 spiro atoms. The Hall–Kier alpha value is -1.26. The van der Waals surface area contributed by atoms with Gasteiger partial charge in [-0.3, -0.25) is 15.3 Å². The van der Waals surface area contributed by atoms with Gasteiger partial charge in [-0.1, -0.05) is 6.92 Å². The van der Waals surface area contributed by atoms with E-state index in [2.05, 4.69) is 5.32 Å². The molecule has 1 aliphatic carbocycles. The quantitative estimate of drug-likeness (QED) is 0.255. The van der Waals surface area contributed by atoms with E-state index in [-0.39, 0.29) is 36.2 Å². The van der Waals surface area contributed by atoms with Crippen LogP contribution < -0.4 is 11.1 Å². The van der Waals surface area contributed by atoms with Crippen molar-refractivity contribution in [3.05, 3.63) is 0 Å². The fraction of sp³-hybridized carbons (Fsp3) is 0.926. The zero-order chi connectivity index (χ0) is 26.7. The number of carbonyl (C=O) groups excluding carboxylic acids is 2. The van der Waals surface area contributed by atoms with E-state index in [1.807, 2.05) is 6.92 Å². The van der Waals surface area contributed by atoms with Crippen LogP contribution in [-0.4, -0.2) is 72.5 Å². The van der Waals surface area contributed by atoms with Gasteiger partial charge in [-0.2, -0.15) is 0 Å². The molecule has 9 nitrogen and oxygen atoms in total. The predicted octanol–water partition coefficient (Wildman–Crippen LogP) is 1.62. The van der Waals surface area contributed by atoms with Crippen LogP contribution in [-0.2, 0) is 23.8 Å². The van der Waals surface area contributed by atoms with Crippen LogP contribution >= 0.6 is 0 Å². The number of quaternary nitrogens is 1. The van der Waals surface area contributed by atoms with Gasteiger partial charge in [-0.25, -0.2) is 0 Å². The highest BCUT2D eigenvalue weighted by Gasteiger charge is 2.39. The lowest BCUT2D eigenvalue weighted by molar-refractivity contribution is -0.699. The third kappa shape index (κ3) is 11.0. The Bertz CT molecular complexity index is 664. The summed E-state index contributed by atoms with van der Waals surface area (Å²) in [5, 5.41) is 23.1. The molecule has 9 unspecified atom stereocenters. The summed E-state index contributed by atoms with van der Waals surface area (Å²) in [6.07, 6.45) is 6.59. The van der Waals surface area contributed by atoms with Crippen LogP contribution in [0.5, 0.6) is 0 Å². The molecule has 0 amide bonds. The molecule has 36 heavy (non-hydrogen) atoms. The van der Waals surface area contributed by atoms with Gasteiger partial charge in [0.25, 0.3) is 0 Å². The molecule has 0 aromatic heterocycles. The molecule has 0 aromatic rings. The van der Waals surface area contributed by atoms with Gasteiger partial charge in [-0.05, 0) is 75.5 Å². The van der Waals surface area contributed by atoms with Crippen LogP contribution in [0.15, 0.2) is 0 Å². The first-order chi connectivity index (χ1) is 17.1. The van der Waals surface area contributed by atoms with E-state index in [0.717, 1.165) is 45.1 Å². The molecule has 2 fully saturated rings. The van der Waals surface area contributed by atoms with E-state index < -0.39 is 18.3 Å². The van der Waals surface area contributed by atoms with Gasteiger partial charge in [0.2, 0.25) is 0 Å². The van der Waals surface area contributed by atoms with Crippen LogP contribution in [0, 0.1) is 17.8 Å². The molecular weight excluding hydrogens is 464 g/mol. The molecule has 210 valence electrons. The second kappa shape index (κ2) is 15.9. The second-order valence-electron chi connectivity index (χ2n) is 11.1. The van der Waals surface area contributed by atoms with Crippen molar-refractivity contribution in [2.45, 2.75) is 128 Å². The number of hydrogen-bond donors (Lipinski definition) is 4. The number of esters is 2. The minimum atomic E-state index is -0.476. The fourth-order valence-electron chi connectivity index (χ4n) is 6.15. The van der Waals surface area contributed by atoms with Crippen molar-refractivity contribution in [3.63, 3.8) is 0 Å². The Labute approximate surface area is 216 Å². The van der Waals surface area contributed by atoms with Gasteiger partial charge in [0.1, 0.15) is 18.4 Å². The highest BCUT2D eigenvalue weighted by atomic mass is 16.6. The van der Waals surface area contributed by atoms with E-state index in [1.165, 1.54) is 13.8 Å². The van der Waals surface area contributed by atoms with E-state index in [1.54, 1.807) is 7.11 Å². The van der Waals surface area contributed by atoms with Crippen molar-refractivity contribution < 1.29 is 39.3 Å². The summed E-state index contributed by atoms with van der Waals surface area (Å²) in [6.45, 7) is 5.72. The summed E-state index contributed by atoms with van der Waals surface area (Å²) >= 11 is 0. The third-order valence-electron chi connectivity index (χ3n) is 8.04. The monoisotopic (exact) mass is 515 g/mol. The van der Waals surface area contributed by atoms with Gasteiger partial charge in [0.05, 0.1) is 24.9 Å². The second-order valence-corrected chi connectivity index (χ2v) is 11.1. The number of hydrogen-bond acceptors (Lipinski definition) is 8. The highest BCUT2D eigenvalue weighted by molar-refractivity contribution is 5.66. The van der Waals surface area contributed by atoms with Crippen LogP contribution in [0.25, 0.3) is 0 Å². The zero-order valence-corrected chi connectivity index (χ0v) is 22.8. The standard InChI is InChI=1S/C27H50N2O7/c1-5-22(32)7-9-24(36-18(3)31)16-23(35-17(2)30)8-6-19-12-21(27(33)25(14-19)34-4)13-20-10-11-29-26(28)15-20/h19-27,29,32-33H,5-16,28H2,1-4H3/p+1. The maximum Gasteiger partial charge on any atom is 0.302 e. The van der Waals surface area contributed by atoms with Crippen LogP contribution in [0.1, 0.15) is 91.4 Å². The smallest absolute Gasteiger partial charge is 0.302 e. The van der Waals surface area contributed by atoms with Crippen molar-refractivity contribution in [3.8, 4) is 0 Å². The van der Waals surface area contributed by atoms with E-state index in [0.29, 0.717) is 43.9 Å². The Morgan fingerprint density at radius 1 is 1.03 bits per heavy atom. The summed E-state index contributed by atoms with van der Waals surface area (Å²) < 4.78 is 16.8. The number of methoxy groups -OCH3 is 1. The van der Waals surface area contributed by atoms with Crippen molar-refractivity contribution in [2.75, 3.05) is 13.7 Å². The molecule has 1 saturated carbocycles. The number of nitrogens with two attached hydrogens (primary N) is 2. The first-order valence-corrected chi connectivity index (χ1v) is 13.9. The molecule has 2 rings (SSSR count). The molecule has 0 aromatic carbocycles. The number of aliphatic hydroxyl groups is 2. The topological polar surface area (TPSA) is 145 Å². The minimum absolute atomic E-state index is 0.145. The molecule has 2 aliphatic rings. The number of rotatable bonds is 14. The van der Waals surface area contributed by atoms with Crippen molar-refractivity contribution in [1.82, 2.24) is 0 Å². The third-order valence-corrected chi connectivity index (χ3v) is 8.04. The minimum Gasteiger partial charge on any atom is -0.462 e. The number of aliphatic hydroxyl groups excluding tert-OH is 2. The number of carbonyl (C=O) groups is 2. The molecule has 1 heterocycles. The molecule has 9 atom stereocenters. The van der Waals surface area contributed by atoms with Gasteiger partial charge >= 0.3 is 11.9 Å². The Kier molecular flexibility index (Phi) is 13.6. The van der Waals surface area contributed by atoms with Crippen LogP contribution in [0.3, 0.4) is 0 Å². The van der Waals surface area contributed by atoms with E-state index >= 15 is 0 Å². The summed E-state index contributed by atoms with van der Waals surface area (Å²) in [6, 6.07) is 0. The average molecular weight is 516 g/mol. The van der Waals surface area contributed by atoms with Crippen molar-refractivity contribution >= 4 is 11.9 Å². The predicted molar refractivity (Wildman–Crippen MR) is 136 cm³/mol. The normalized spacial score (nSPS) is 31.3. The number of piperidine rings is 1. The Balaban J connectivity index is 1.99. The van der Waals surface area contributed by atoms with E-state index in [4.69, 9.17) is 19.9 Å². The molecule has 0 bridgehead atoms. The summed E-state index contributed by atoms with van der Waals surface area (Å²) in [7, 11) is 1.66. The average Bonchev–Trinajstić information content (AvgIpc) is 2.81. The van der Waals surface area contributed by atoms with Gasteiger partial charge in [-0.15, -0.1) is 0 Å². The summed E-state index contributed by atoms with van der Waals surface area (Å²) in [5.41, 5.74) is 6.15. The van der Waals surface area contributed by atoms with Gasteiger partial charge < -0.3 is 29.7 Å². The van der Waals surface area contributed by atoms with Crippen LogP contribution in [0.2, 0.25) is 0 Å². The molecule has 9 heteroatoms. The summed E-state index contributed by atoms with van der Waals surface area (Å²) in [4.78, 5) is 23.5. The lowest BCUT2D eigenvalue weighted by Crippen LogP contribution is -2.94. The van der Waals surface area contributed by atoms with Crippen LogP contribution in [0.4, 0.5) is 0 Å². The SMILES string of the molecule is CCC(O)CCC(CC(CCC1CC(CC2CC[NH2+]C(N)C2)C(O)C(OC)C1)OC(C)=O)OC(C)=O. The van der Waals surface area contributed by atoms with Gasteiger partial charge in [0, 0.05) is 33.8 Å². The molecule has 1 saturated heterocycles. The summed E-state index contributed by atoms with van der Waals surface area (Å²) in [5.74, 6) is 0.310. The first-order valence-electron chi connectivity index (χ1n) is 13.9. The van der Waals surface area contributed by atoms with Crippen molar-refractivity contribution in [2.24, 2.45) is 23.5 Å². The molecule has 0 radical (unpaired) electrons. The lowest BCUT2D eigenvalue weighted by Gasteiger charge is -2.41. The largest absolute Gasteiger partial charge is 0.462 e. The maximum atomic E-state index is 11.8. The first kappa shape index (κ1) is 31.0. The zero-order valence-electron chi connectivity index (χ0n) is 22.8. The Morgan fingerprint density at radius 2 is 1.69 bits per heavy atom. The van der Waals surface area contributed by atoms with Crippen molar-refractivity contribution in [1.29, 1.82) is 0 Å². The number of ether oxygens (including phenoxy) is 3. The molecule has 6 N–H and O–H groups in total. The van der Waals surface area contributed by atoms with Gasteiger partial charge in [0.15, 0.2) is 0 Å². The maximum absolute atomic E-state index is 11.8. The fourth-order valence-corrected chi connectivity index (χ4v) is 6.15. The molecular formula is C27H51N2O7+.